The molecule has 1 aliphatic carbocycles. The maximum atomic E-state index is 12.4. The Morgan fingerprint density at radius 2 is 2.04 bits per heavy atom. The summed E-state index contributed by atoms with van der Waals surface area (Å²) in [5, 5.41) is 12.7. The van der Waals surface area contributed by atoms with E-state index in [9.17, 15) is 14.7 Å². The number of para-hydroxylation sites is 1. The van der Waals surface area contributed by atoms with E-state index in [0.29, 0.717) is 23.6 Å². The zero-order valence-corrected chi connectivity index (χ0v) is 14.1. The van der Waals surface area contributed by atoms with Crippen molar-refractivity contribution in [2.24, 2.45) is 5.92 Å². The number of nitrogens with zero attached hydrogens (tertiary/aromatic N) is 1. The molecule has 0 spiro atoms. The van der Waals surface area contributed by atoms with Crippen molar-refractivity contribution in [3.05, 3.63) is 42.2 Å². The van der Waals surface area contributed by atoms with E-state index in [2.05, 4.69) is 10.3 Å². The van der Waals surface area contributed by atoms with Gasteiger partial charge in [0.05, 0.1) is 16.1 Å². The van der Waals surface area contributed by atoms with Crippen LogP contribution in [0.3, 0.4) is 0 Å². The van der Waals surface area contributed by atoms with Crippen LogP contribution in [0.4, 0.5) is 0 Å². The number of carbonyl (C=O) groups is 2. The van der Waals surface area contributed by atoms with Gasteiger partial charge in [0, 0.05) is 6.04 Å². The van der Waals surface area contributed by atoms with E-state index >= 15 is 0 Å². The first-order valence-corrected chi connectivity index (χ1v) is 8.93. The van der Waals surface area contributed by atoms with Crippen molar-refractivity contribution < 1.29 is 19.1 Å². The predicted molar refractivity (Wildman–Crippen MR) is 93.6 cm³/mol. The molecule has 3 aromatic rings. The second kappa shape index (κ2) is 6.33. The maximum Gasteiger partial charge on any atom is 0.308 e. The first-order chi connectivity index (χ1) is 12.1. The number of fused-ring (bicyclic) bond motifs is 1. The fraction of sp³-hybridized carbons (Fsp3) is 0.278. The van der Waals surface area contributed by atoms with Crippen LogP contribution in [-0.2, 0) is 4.79 Å². The van der Waals surface area contributed by atoms with E-state index in [-0.39, 0.29) is 17.7 Å². The molecule has 6 nitrogen and oxygen atoms in total. The minimum absolute atomic E-state index is 0.172. The molecule has 1 amide bonds. The van der Waals surface area contributed by atoms with Crippen molar-refractivity contribution in [2.75, 3.05) is 0 Å². The summed E-state index contributed by atoms with van der Waals surface area (Å²) < 4.78 is 6.71. The van der Waals surface area contributed by atoms with Gasteiger partial charge in [-0.2, -0.15) is 0 Å². The molecule has 7 heteroatoms. The van der Waals surface area contributed by atoms with Crippen LogP contribution in [-0.4, -0.2) is 28.0 Å². The third kappa shape index (κ3) is 3.02. The minimum Gasteiger partial charge on any atom is -0.481 e. The average molecular weight is 356 g/mol. The molecule has 2 heterocycles. The van der Waals surface area contributed by atoms with Crippen LogP contribution in [0.5, 0.6) is 0 Å². The van der Waals surface area contributed by atoms with Crippen molar-refractivity contribution in [3.63, 3.8) is 0 Å². The van der Waals surface area contributed by atoms with E-state index in [0.717, 1.165) is 16.6 Å². The molecule has 0 bridgehead atoms. The lowest BCUT2D eigenvalue weighted by Crippen LogP contribution is -2.40. The van der Waals surface area contributed by atoms with Gasteiger partial charge in [-0.05, 0) is 37.1 Å². The van der Waals surface area contributed by atoms with Crippen LogP contribution >= 0.6 is 11.3 Å². The van der Waals surface area contributed by atoms with E-state index in [1.54, 1.807) is 12.1 Å². The number of furan rings is 1. The monoisotopic (exact) mass is 356 g/mol. The molecular weight excluding hydrogens is 340 g/mol. The molecule has 0 saturated heterocycles. The van der Waals surface area contributed by atoms with Crippen LogP contribution in [0.25, 0.3) is 21.0 Å². The number of aromatic nitrogens is 1. The van der Waals surface area contributed by atoms with Crippen molar-refractivity contribution in [1.29, 1.82) is 0 Å². The van der Waals surface area contributed by atoms with Gasteiger partial charge in [0.15, 0.2) is 16.5 Å². The second-order valence-corrected chi connectivity index (χ2v) is 7.14. The first-order valence-electron chi connectivity index (χ1n) is 8.11. The van der Waals surface area contributed by atoms with Gasteiger partial charge >= 0.3 is 5.97 Å². The normalized spacial score (nSPS) is 20.0. The molecule has 1 aromatic carbocycles. The van der Waals surface area contributed by atoms with Crippen molar-refractivity contribution in [1.82, 2.24) is 10.3 Å². The van der Waals surface area contributed by atoms with Gasteiger partial charge in [-0.25, -0.2) is 4.98 Å². The summed E-state index contributed by atoms with van der Waals surface area (Å²) in [6, 6.07) is 10.8. The summed E-state index contributed by atoms with van der Waals surface area (Å²) in [5.74, 6) is -1.07. The van der Waals surface area contributed by atoms with E-state index < -0.39 is 11.9 Å². The summed E-state index contributed by atoms with van der Waals surface area (Å²) >= 11 is 1.50. The smallest absolute Gasteiger partial charge is 0.308 e. The van der Waals surface area contributed by atoms with E-state index in [1.165, 1.54) is 11.3 Å². The van der Waals surface area contributed by atoms with Crippen LogP contribution in [0.1, 0.15) is 29.8 Å². The van der Waals surface area contributed by atoms with E-state index in [4.69, 9.17) is 4.42 Å². The molecule has 2 aromatic heterocycles. The summed E-state index contributed by atoms with van der Waals surface area (Å²) in [6.45, 7) is 0. The molecule has 0 unspecified atom stereocenters. The highest BCUT2D eigenvalue weighted by Gasteiger charge is 2.34. The summed E-state index contributed by atoms with van der Waals surface area (Å²) in [5.41, 5.74) is 0.889. The van der Waals surface area contributed by atoms with Gasteiger partial charge in [-0.15, -0.1) is 11.3 Å². The second-order valence-electron chi connectivity index (χ2n) is 6.11. The summed E-state index contributed by atoms with van der Waals surface area (Å²) in [6.07, 6.45) is 2.07. The number of aliphatic carboxylic acids is 1. The van der Waals surface area contributed by atoms with Gasteiger partial charge in [-0.3, -0.25) is 9.59 Å². The number of hydrogen-bond acceptors (Lipinski definition) is 5. The molecule has 128 valence electrons. The standard InChI is InChI=1S/C18H16N2O4S/c21-16(19-11-6-3-4-10(11)18(22)23)13-8-9-14(24-13)17-20-12-5-1-2-7-15(12)25-17/h1-2,5,7-11H,3-4,6H2,(H,19,21)(H,22,23)/t10-,11+/m1/s1. The lowest BCUT2D eigenvalue weighted by molar-refractivity contribution is -0.142. The Morgan fingerprint density at radius 3 is 2.84 bits per heavy atom. The van der Waals surface area contributed by atoms with Crippen LogP contribution < -0.4 is 5.32 Å². The highest BCUT2D eigenvalue weighted by molar-refractivity contribution is 7.21. The number of thiazole rings is 1. The van der Waals surface area contributed by atoms with Crippen molar-refractivity contribution in [2.45, 2.75) is 25.3 Å². The number of nitrogens with one attached hydrogen (secondary N) is 1. The quantitative estimate of drug-likeness (QED) is 0.746. The fourth-order valence-electron chi connectivity index (χ4n) is 3.22. The van der Waals surface area contributed by atoms with Gasteiger partial charge in [0.25, 0.3) is 5.91 Å². The zero-order chi connectivity index (χ0) is 17.4. The highest BCUT2D eigenvalue weighted by Crippen LogP contribution is 2.31. The molecule has 2 N–H and O–H groups in total. The molecule has 1 fully saturated rings. The predicted octanol–water partition coefficient (Wildman–Crippen LogP) is 3.54. The number of carboxylic acids is 1. The molecule has 25 heavy (non-hydrogen) atoms. The largest absolute Gasteiger partial charge is 0.481 e. The van der Waals surface area contributed by atoms with Crippen LogP contribution in [0, 0.1) is 5.92 Å². The van der Waals surface area contributed by atoms with Gasteiger partial charge in [-0.1, -0.05) is 18.6 Å². The summed E-state index contributed by atoms with van der Waals surface area (Å²) in [4.78, 5) is 28.1. The maximum absolute atomic E-state index is 12.4. The number of benzene rings is 1. The summed E-state index contributed by atoms with van der Waals surface area (Å²) in [7, 11) is 0. The van der Waals surface area contributed by atoms with E-state index in [1.807, 2.05) is 24.3 Å². The molecule has 0 radical (unpaired) electrons. The Bertz CT molecular complexity index is 912. The van der Waals surface area contributed by atoms with Crippen molar-refractivity contribution in [3.8, 4) is 10.8 Å². The minimum atomic E-state index is -0.864. The molecule has 1 aliphatic rings. The lowest BCUT2D eigenvalue weighted by Gasteiger charge is -2.16. The van der Waals surface area contributed by atoms with Crippen LogP contribution in [0.15, 0.2) is 40.8 Å². The Kier molecular flexibility index (Phi) is 4.01. The Labute approximate surface area is 147 Å². The fourth-order valence-corrected chi connectivity index (χ4v) is 4.15. The third-order valence-corrected chi connectivity index (χ3v) is 5.54. The molecule has 4 rings (SSSR count). The third-order valence-electron chi connectivity index (χ3n) is 4.48. The highest BCUT2D eigenvalue weighted by atomic mass is 32.1. The number of carboxylic acid groups (broad SMARTS) is 1. The van der Waals surface area contributed by atoms with Gasteiger partial charge in [0.1, 0.15) is 0 Å². The first kappa shape index (κ1) is 15.8. The van der Waals surface area contributed by atoms with Gasteiger partial charge < -0.3 is 14.8 Å². The number of amides is 1. The molecular formula is C18H16N2O4S. The number of hydrogen-bond donors (Lipinski definition) is 2. The topological polar surface area (TPSA) is 92.4 Å². The van der Waals surface area contributed by atoms with Crippen molar-refractivity contribution >= 4 is 33.4 Å². The lowest BCUT2D eigenvalue weighted by atomic mass is 10.0. The zero-order valence-electron chi connectivity index (χ0n) is 13.3. The Hall–Kier alpha value is -2.67. The Balaban J connectivity index is 1.52. The molecule has 0 aliphatic heterocycles. The Morgan fingerprint density at radius 1 is 1.20 bits per heavy atom. The van der Waals surface area contributed by atoms with Crippen LogP contribution in [0.2, 0.25) is 0 Å². The molecule has 1 saturated carbocycles. The SMILES string of the molecule is O=C(N[C@H]1CCC[C@H]1C(=O)O)c1ccc(-c2nc3ccccc3s2)o1. The average Bonchev–Trinajstić information content (AvgIpc) is 3.32. The van der Waals surface area contributed by atoms with Gasteiger partial charge in [0.2, 0.25) is 0 Å². The molecule has 2 atom stereocenters. The number of rotatable bonds is 4. The number of carbonyl (C=O) groups excluding carboxylic acids is 1.